The number of amides is 1. The molecule has 0 fully saturated rings. The van der Waals surface area contributed by atoms with Crippen LogP contribution in [0.15, 0.2) is 28.9 Å². The number of carbonyl (C=O) groups is 1. The molecule has 7 nitrogen and oxygen atoms in total. The van der Waals surface area contributed by atoms with Crippen LogP contribution in [-0.2, 0) is 11.2 Å². The van der Waals surface area contributed by atoms with Gasteiger partial charge in [0.15, 0.2) is 0 Å². The van der Waals surface area contributed by atoms with Gasteiger partial charge in [0.2, 0.25) is 11.7 Å². The normalized spacial score (nSPS) is 11.2. The minimum absolute atomic E-state index is 0.360. The summed E-state index contributed by atoms with van der Waals surface area (Å²) in [6.45, 7) is 5.79. The Hall–Kier alpha value is -2.44. The molecule has 2 aromatic rings. The summed E-state index contributed by atoms with van der Waals surface area (Å²) in [5.41, 5.74) is 0.133. The highest BCUT2D eigenvalue weighted by Crippen LogP contribution is 2.12. The van der Waals surface area contributed by atoms with Crippen molar-refractivity contribution in [3.63, 3.8) is 0 Å². The van der Waals surface area contributed by atoms with E-state index in [2.05, 4.69) is 20.4 Å². The van der Waals surface area contributed by atoms with Crippen molar-refractivity contribution in [1.29, 1.82) is 0 Å². The quantitative estimate of drug-likeness (QED) is 0.928. The minimum atomic E-state index is -0.513. The third-order valence-electron chi connectivity index (χ3n) is 2.37. The van der Waals surface area contributed by atoms with Gasteiger partial charge in [0.05, 0.1) is 0 Å². The van der Waals surface area contributed by atoms with E-state index < -0.39 is 11.7 Å². The first kappa shape index (κ1) is 15.0. The Morgan fingerprint density at radius 1 is 1.38 bits per heavy atom. The van der Waals surface area contributed by atoms with Gasteiger partial charge in [-0.25, -0.2) is 4.79 Å². The van der Waals surface area contributed by atoms with Crippen LogP contribution in [0.5, 0.6) is 0 Å². The number of pyridine rings is 1. The molecule has 0 spiro atoms. The van der Waals surface area contributed by atoms with Crippen LogP contribution < -0.4 is 5.32 Å². The van der Waals surface area contributed by atoms with E-state index in [1.165, 1.54) is 0 Å². The first-order valence-electron chi connectivity index (χ1n) is 6.65. The molecule has 0 atom stereocenters. The predicted octanol–water partition coefficient (Wildman–Crippen LogP) is 2.20. The Morgan fingerprint density at radius 3 is 2.86 bits per heavy atom. The fourth-order valence-corrected chi connectivity index (χ4v) is 1.54. The molecule has 21 heavy (non-hydrogen) atoms. The number of aromatic nitrogens is 3. The van der Waals surface area contributed by atoms with E-state index in [-0.39, 0.29) is 0 Å². The number of rotatable bonds is 4. The summed E-state index contributed by atoms with van der Waals surface area (Å²) in [4.78, 5) is 19.8. The zero-order valence-corrected chi connectivity index (χ0v) is 12.3. The van der Waals surface area contributed by atoms with Crippen LogP contribution in [0.3, 0.4) is 0 Å². The average Bonchev–Trinajstić information content (AvgIpc) is 2.86. The largest absolute Gasteiger partial charge is 0.444 e. The molecular formula is C14H18N4O3. The Kier molecular flexibility index (Phi) is 4.52. The van der Waals surface area contributed by atoms with Crippen LogP contribution in [0.4, 0.5) is 4.79 Å². The zero-order chi connectivity index (χ0) is 15.3. The smallest absolute Gasteiger partial charge is 0.407 e. The summed E-state index contributed by atoms with van der Waals surface area (Å²) in [6.07, 6.45) is 1.63. The summed E-state index contributed by atoms with van der Waals surface area (Å²) in [5.74, 6) is 0.870. The van der Waals surface area contributed by atoms with E-state index in [1.807, 2.05) is 32.9 Å². The minimum Gasteiger partial charge on any atom is -0.444 e. The Morgan fingerprint density at radius 2 is 2.19 bits per heavy atom. The summed E-state index contributed by atoms with van der Waals surface area (Å²) in [5, 5.41) is 6.48. The van der Waals surface area contributed by atoms with Crippen molar-refractivity contribution in [3.05, 3.63) is 30.3 Å². The molecule has 1 N–H and O–H groups in total. The van der Waals surface area contributed by atoms with Gasteiger partial charge in [0.25, 0.3) is 0 Å². The van der Waals surface area contributed by atoms with E-state index in [0.29, 0.717) is 30.4 Å². The lowest BCUT2D eigenvalue weighted by Gasteiger charge is -2.19. The summed E-state index contributed by atoms with van der Waals surface area (Å²) in [7, 11) is 0. The topological polar surface area (TPSA) is 90.1 Å². The number of nitrogens with one attached hydrogen (secondary N) is 1. The van der Waals surface area contributed by atoms with Gasteiger partial charge in [0, 0.05) is 19.2 Å². The lowest BCUT2D eigenvalue weighted by atomic mass is 10.2. The van der Waals surface area contributed by atoms with Gasteiger partial charge in [-0.15, -0.1) is 0 Å². The van der Waals surface area contributed by atoms with Crippen molar-refractivity contribution < 1.29 is 14.1 Å². The monoisotopic (exact) mass is 290 g/mol. The molecule has 0 aliphatic carbocycles. The number of carbonyl (C=O) groups excluding carboxylic acids is 1. The van der Waals surface area contributed by atoms with Gasteiger partial charge in [-0.05, 0) is 32.9 Å². The molecule has 0 bridgehead atoms. The Balaban J connectivity index is 1.83. The number of hydrogen-bond acceptors (Lipinski definition) is 6. The highest BCUT2D eigenvalue weighted by atomic mass is 16.6. The molecule has 0 aliphatic rings. The van der Waals surface area contributed by atoms with Gasteiger partial charge >= 0.3 is 6.09 Å². The Bertz CT molecular complexity index is 590. The van der Waals surface area contributed by atoms with Gasteiger partial charge in [0.1, 0.15) is 11.3 Å². The molecule has 0 saturated heterocycles. The maximum Gasteiger partial charge on any atom is 0.407 e. The molecule has 2 rings (SSSR count). The van der Waals surface area contributed by atoms with Crippen molar-refractivity contribution >= 4 is 6.09 Å². The highest BCUT2D eigenvalue weighted by molar-refractivity contribution is 5.67. The van der Waals surface area contributed by atoms with Crippen LogP contribution in [0.2, 0.25) is 0 Å². The molecule has 2 heterocycles. The van der Waals surface area contributed by atoms with Gasteiger partial charge < -0.3 is 14.6 Å². The SMILES string of the molecule is CC(C)(C)OC(=O)NCCc1nc(-c2ccccn2)no1. The van der Waals surface area contributed by atoms with Gasteiger partial charge in [-0.1, -0.05) is 11.2 Å². The molecule has 2 aromatic heterocycles. The predicted molar refractivity (Wildman–Crippen MR) is 75.5 cm³/mol. The first-order chi connectivity index (χ1) is 9.94. The lowest BCUT2D eigenvalue weighted by molar-refractivity contribution is 0.0527. The number of nitrogens with zero attached hydrogens (tertiary/aromatic N) is 3. The summed E-state index contributed by atoms with van der Waals surface area (Å²) >= 11 is 0. The van der Waals surface area contributed by atoms with E-state index in [0.717, 1.165) is 0 Å². The van der Waals surface area contributed by atoms with Crippen LogP contribution in [0, 0.1) is 0 Å². The van der Waals surface area contributed by atoms with Crippen LogP contribution in [0.25, 0.3) is 11.5 Å². The second-order valence-electron chi connectivity index (χ2n) is 5.41. The number of hydrogen-bond donors (Lipinski definition) is 1. The zero-order valence-electron chi connectivity index (χ0n) is 12.3. The molecule has 7 heteroatoms. The van der Waals surface area contributed by atoms with Crippen molar-refractivity contribution in [3.8, 4) is 11.5 Å². The van der Waals surface area contributed by atoms with Crippen molar-refractivity contribution in [2.75, 3.05) is 6.54 Å². The van der Waals surface area contributed by atoms with Gasteiger partial charge in [-0.2, -0.15) is 4.98 Å². The first-order valence-corrected chi connectivity index (χ1v) is 6.65. The Labute approximate surface area is 122 Å². The summed E-state index contributed by atoms with van der Waals surface area (Å²) in [6, 6.07) is 5.46. The van der Waals surface area contributed by atoms with Crippen molar-refractivity contribution in [1.82, 2.24) is 20.4 Å². The number of ether oxygens (including phenoxy) is 1. The lowest BCUT2D eigenvalue weighted by Crippen LogP contribution is -2.33. The third kappa shape index (κ3) is 4.87. The maximum absolute atomic E-state index is 11.5. The fourth-order valence-electron chi connectivity index (χ4n) is 1.54. The van der Waals surface area contributed by atoms with Crippen molar-refractivity contribution in [2.45, 2.75) is 32.8 Å². The molecule has 0 aromatic carbocycles. The highest BCUT2D eigenvalue weighted by Gasteiger charge is 2.16. The molecule has 1 amide bonds. The molecule has 0 unspecified atom stereocenters. The maximum atomic E-state index is 11.5. The molecular weight excluding hydrogens is 272 g/mol. The molecule has 112 valence electrons. The van der Waals surface area contributed by atoms with Gasteiger partial charge in [-0.3, -0.25) is 4.98 Å². The molecule has 0 saturated carbocycles. The second-order valence-corrected chi connectivity index (χ2v) is 5.41. The fraction of sp³-hybridized carbons (Fsp3) is 0.429. The summed E-state index contributed by atoms with van der Waals surface area (Å²) < 4.78 is 10.2. The van der Waals surface area contributed by atoms with E-state index in [9.17, 15) is 4.79 Å². The standard InChI is InChI=1S/C14H18N4O3/c1-14(2,3)20-13(19)16-9-7-11-17-12(18-21-11)10-6-4-5-8-15-10/h4-6,8H,7,9H2,1-3H3,(H,16,19). The second kappa shape index (κ2) is 6.34. The van der Waals surface area contributed by atoms with Crippen molar-refractivity contribution in [2.24, 2.45) is 0 Å². The van der Waals surface area contributed by atoms with Crippen LogP contribution in [-0.4, -0.2) is 33.4 Å². The van der Waals surface area contributed by atoms with E-state index in [4.69, 9.17) is 9.26 Å². The number of alkyl carbamates (subject to hydrolysis) is 1. The van der Waals surface area contributed by atoms with Crippen LogP contribution in [0.1, 0.15) is 26.7 Å². The van der Waals surface area contributed by atoms with E-state index in [1.54, 1.807) is 12.3 Å². The molecule has 0 radical (unpaired) electrons. The molecule has 0 aliphatic heterocycles. The average molecular weight is 290 g/mol. The van der Waals surface area contributed by atoms with E-state index >= 15 is 0 Å². The van der Waals surface area contributed by atoms with Crippen LogP contribution >= 0.6 is 0 Å². The third-order valence-corrected chi connectivity index (χ3v) is 2.37.